The Bertz CT molecular complexity index is 533. The summed E-state index contributed by atoms with van der Waals surface area (Å²) in [6, 6.07) is 4.70. The van der Waals surface area contributed by atoms with Crippen molar-refractivity contribution >= 4 is 11.8 Å². The molecule has 1 heterocycles. The van der Waals surface area contributed by atoms with Crippen LogP contribution in [0.5, 0.6) is 0 Å². The molecule has 116 valence electrons. The standard InChI is InChI=1S/C14H17F3N2O2/c1-13(6-3-7-18)9-21-12(20)19(13)11-5-2-4-10(8-11)14(15,16)17/h2,4-5,8H,3,6-7,9,18H2,1H3. The lowest BCUT2D eigenvalue weighted by molar-refractivity contribution is -0.137. The molecule has 0 aliphatic carbocycles. The first kappa shape index (κ1) is 15.6. The Balaban J connectivity index is 2.36. The summed E-state index contributed by atoms with van der Waals surface area (Å²) < 4.78 is 43.4. The Morgan fingerprint density at radius 3 is 2.76 bits per heavy atom. The van der Waals surface area contributed by atoms with Crippen molar-refractivity contribution in [2.75, 3.05) is 18.1 Å². The maximum absolute atomic E-state index is 12.8. The molecule has 21 heavy (non-hydrogen) atoms. The van der Waals surface area contributed by atoms with E-state index in [1.807, 2.05) is 0 Å². The maximum Gasteiger partial charge on any atom is 0.416 e. The van der Waals surface area contributed by atoms with E-state index in [4.69, 9.17) is 10.5 Å². The first-order valence-electron chi connectivity index (χ1n) is 6.62. The van der Waals surface area contributed by atoms with E-state index >= 15 is 0 Å². The van der Waals surface area contributed by atoms with Gasteiger partial charge in [0.15, 0.2) is 0 Å². The lowest BCUT2D eigenvalue weighted by Crippen LogP contribution is -2.45. The zero-order valence-corrected chi connectivity index (χ0v) is 11.6. The van der Waals surface area contributed by atoms with Gasteiger partial charge < -0.3 is 10.5 Å². The molecular weight excluding hydrogens is 285 g/mol. The number of benzene rings is 1. The molecule has 2 rings (SSSR count). The molecule has 4 nitrogen and oxygen atoms in total. The third-order valence-corrected chi connectivity index (χ3v) is 3.58. The molecule has 1 aromatic carbocycles. The highest BCUT2D eigenvalue weighted by Gasteiger charge is 2.44. The molecule has 1 aliphatic heterocycles. The molecule has 2 N–H and O–H groups in total. The fraction of sp³-hybridized carbons (Fsp3) is 0.500. The number of amides is 1. The molecule has 0 aromatic heterocycles. The van der Waals surface area contributed by atoms with Crippen LogP contribution in [0.15, 0.2) is 24.3 Å². The molecule has 1 aromatic rings. The number of halogens is 3. The molecule has 0 radical (unpaired) electrons. The molecule has 0 saturated carbocycles. The van der Waals surface area contributed by atoms with Crippen molar-refractivity contribution in [3.05, 3.63) is 29.8 Å². The molecular formula is C14H17F3N2O2. The zero-order chi connectivity index (χ0) is 15.7. The molecule has 0 bridgehead atoms. The van der Waals surface area contributed by atoms with Gasteiger partial charge in [-0.2, -0.15) is 13.2 Å². The van der Waals surface area contributed by atoms with E-state index in [1.54, 1.807) is 6.92 Å². The summed E-state index contributed by atoms with van der Waals surface area (Å²) in [5, 5.41) is 0. The van der Waals surface area contributed by atoms with Crippen molar-refractivity contribution < 1.29 is 22.7 Å². The van der Waals surface area contributed by atoms with Gasteiger partial charge in [-0.15, -0.1) is 0 Å². The Hall–Kier alpha value is -1.76. The molecule has 7 heteroatoms. The predicted octanol–water partition coefficient (Wildman–Crippen LogP) is 3.16. The van der Waals surface area contributed by atoms with E-state index in [0.29, 0.717) is 19.4 Å². The quantitative estimate of drug-likeness (QED) is 0.929. The summed E-state index contributed by atoms with van der Waals surface area (Å²) in [7, 11) is 0. The van der Waals surface area contributed by atoms with Crippen molar-refractivity contribution in [2.45, 2.75) is 31.5 Å². The van der Waals surface area contributed by atoms with Gasteiger partial charge in [0.05, 0.1) is 11.1 Å². The summed E-state index contributed by atoms with van der Waals surface area (Å²) in [5.74, 6) is 0. The number of hydrogen-bond donors (Lipinski definition) is 1. The Labute approximate surface area is 120 Å². The fourth-order valence-corrected chi connectivity index (χ4v) is 2.47. The highest BCUT2D eigenvalue weighted by Crippen LogP contribution is 2.37. The summed E-state index contributed by atoms with van der Waals surface area (Å²) in [6.07, 6.45) is -3.87. The normalized spacial score (nSPS) is 22.5. The van der Waals surface area contributed by atoms with E-state index in [1.165, 1.54) is 17.0 Å². The minimum absolute atomic E-state index is 0.141. The molecule has 1 aliphatic rings. The van der Waals surface area contributed by atoms with Crippen LogP contribution < -0.4 is 10.6 Å². The maximum atomic E-state index is 12.8. The second-order valence-corrected chi connectivity index (χ2v) is 5.33. The first-order chi connectivity index (χ1) is 9.78. The molecule has 1 amide bonds. The average Bonchev–Trinajstić information content (AvgIpc) is 2.72. The zero-order valence-electron chi connectivity index (χ0n) is 11.6. The van der Waals surface area contributed by atoms with Crippen LogP contribution in [0.1, 0.15) is 25.3 Å². The van der Waals surface area contributed by atoms with Gasteiger partial charge in [-0.05, 0) is 44.5 Å². The van der Waals surface area contributed by atoms with Crippen molar-refractivity contribution in [1.29, 1.82) is 0 Å². The van der Waals surface area contributed by atoms with Crippen molar-refractivity contribution in [3.8, 4) is 0 Å². The van der Waals surface area contributed by atoms with E-state index < -0.39 is 23.4 Å². The highest BCUT2D eigenvalue weighted by molar-refractivity contribution is 5.91. The van der Waals surface area contributed by atoms with Gasteiger partial charge in [0.25, 0.3) is 0 Å². The Morgan fingerprint density at radius 1 is 1.43 bits per heavy atom. The number of alkyl halides is 3. The number of nitrogens with zero attached hydrogens (tertiary/aromatic N) is 1. The molecule has 0 spiro atoms. The van der Waals surface area contributed by atoms with Crippen molar-refractivity contribution in [3.63, 3.8) is 0 Å². The predicted molar refractivity (Wildman–Crippen MR) is 72.0 cm³/mol. The second kappa shape index (κ2) is 5.55. The number of carbonyl (C=O) groups is 1. The molecule has 1 unspecified atom stereocenters. The van der Waals surface area contributed by atoms with Crippen LogP contribution in [0.3, 0.4) is 0 Å². The minimum atomic E-state index is -4.45. The van der Waals surface area contributed by atoms with Gasteiger partial charge >= 0.3 is 12.3 Å². The van der Waals surface area contributed by atoms with Crippen molar-refractivity contribution in [1.82, 2.24) is 0 Å². The average molecular weight is 302 g/mol. The SMILES string of the molecule is CC1(CCCN)COC(=O)N1c1cccc(C(F)(F)F)c1. The topological polar surface area (TPSA) is 55.6 Å². The van der Waals surface area contributed by atoms with Crippen LogP contribution in [0.4, 0.5) is 23.7 Å². The molecule has 1 atom stereocenters. The van der Waals surface area contributed by atoms with Crippen LogP contribution in [0.25, 0.3) is 0 Å². The van der Waals surface area contributed by atoms with Crippen LogP contribution >= 0.6 is 0 Å². The van der Waals surface area contributed by atoms with Crippen LogP contribution in [-0.2, 0) is 10.9 Å². The van der Waals surface area contributed by atoms with E-state index in [-0.39, 0.29) is 12.3 Å². The third-order valence-electron chi connectivity index (χ3n) is 3.58. The Kier molecular flexibility index (Phi) is 4.13. The monoisotopic (exact) mass is 302 g/mol. The van der Waals surface area contributed by atoms with Gasteiger partial charge in [0, 0.05) is 5.69 Å². The van der Waals surface area contributed by atoms with E-state index in [2.05, 4.69) is 0 Å². The number of ether oxygens (including phenoxy) is 1. The van der Waals surface area contributed by atoms with E-state index in [0.717, 1.165) is 12.1 Å². The number of carbonyl (C=O) groups excluding carboxylic acids is 1. The lowest BCUT2D eigenvalue weighted by Gasteiger charge is -2.32. The fourth-order valence-electron chi connectivity index (χ4n) is 2.47. The number of anilines is 1. The van der Waals surface area contributed by atoms with Crippen LogP contribution in [0, 0.1) is 0 Å². The third kappa shape index (κ3) is 3.12. The summed E-state index contributed by atoms with van der Waals surface area (Å²) in [5.41, 5.74) is 4.19. The Morgan fingerprint density at radius 2 is 2.14 bits per heavy atom. The smallest absolute Gasteiger partial charge is 0.416 e. The van der Waals surface area contributed by atoms with Crippen molar-refractivity contribution in [2.24, 2.45) is 5.73 Å². The number of hydrogen-bond acceptors (Lipinski definition) is 3. The first-order valence-corrected chi connectivity index (χ1v) is 6.62. The molecule has 1 saturated heterocycles. The van der Waals surface area contributed by atoms with Crippen LogP contribution in [0.2, 0.25) is 0 Å². The largest absolute Gasteiger partial charge is 0.447 e. The van der Waals surface area contributed by atoms with Gasteiger partial charge in [-0.25, -0.2) is 4.79 Å². The lowest BCUT2D eigenvalue weighted by atomic mass is 9.95. The van der Waals surface area contributed by atoms with Gasteiger partial charge in [-0.1, -0.05) is 6.07 Å². The highest BCUT2D eigenvalue weighted by atomic mass is 19.4. The summed E-state index contributed by atoms with van der Waals surface area (Å²) >= 11 is 0. The van der Waals surface area contributed by atoms with E-state index in [9.17, 15) is 18.0 Å². The summed E-state index contributed by atoms with van der Waals surface area (Å²) in [4.78, 5) is 13.2. The van der Waals surface area contributed by atoms with Gasteiger partial charge in [0.1, 0.15) is 6.61 Å². The number of nitrogens with two attached hydrogens (primary N) is 1. The minimum Gasteiger partial charge on any atom is -0.447 e. The van der Waals surface area contributed by atoms with Crippen LogP contribution in [-0.4, -0.2) is 24.8 Å². The van der Waals surface area contributed by atoms with Gasteiger partial charge in [0.2, 0.25) is 0 Å². The van der Waals surface area contributed by atoms with Gasteiger partial charge in [-0.3, -0.25) is 4.90 Å². The molecule has 1 fully saturated rings. The number of cyclic esters (lactones) is 1. The summed E-state index contributed by atoms with van der Waals surface area (Å²) in [6.45, 7) is 2.37. The number of rotatable bonds is 4. The second-order valence-electron chi connectivity index (χ2n) is 5.33.